The topological polar surface area (TPSA) is 82.2 Å². The number of carbonyl (C=O) groups excluding carboxylic acids is 1. The molecule has 0 spiro atoms. The molecule has 0 radical (unpaired) electrons. The highest BCUT2D eigenvalue weighted by Crippen LogP contribution is 2.44. The number of benzene rings is 2. The summed E-state index contributed by atoms with van der Waals surface area (Å²) in [4.78, 5) is 13.0. The Kier molecular flexibility index (Phi) is 7.00. The van der Waals surface area contributed by atoms with Gasteiger partial charge in [-0.15, -0.1) is 0 Å². The van der Waals surface area contributed by atoms with Crippen LogP contribution in [0.5, 0.6) is 5.75 Å². The maximum absolute atomic E-state index is 14.1. The van der Waals surface area contributed by atoms with E-state index in [1.165, 1.54) is 36.4 Å². The standard InChI is InChI=1S/C25H22ClF3N4O2/c1-33-21(10-12-31-33)20-14-17(6-9-22(20)35-13-11-30)32-24(34)19-8-7-18(23(19)25(27,28)29)15-2-4-16(26)5-3-15/h2-10,12,14,18H,11,13,30H2,1H3,(H,32,34). The number of allylic oxidation sites excluding steroid dienone is 2. The maximum atomic E-state index is 14.1. The van der Waals surface area contributed by atoms with E-state index in [1.54, 1.807) is 42.2 Å². The van der Waals surface area contributed by atoms with Crippen LogP contribution in [0, 0.1) is 0 Å². The number of nitrogens with two attached hydrogens (primary N) is 1. The minimum atomic E-state index is -4.71. The van der Waals surface area contributed by atoms with Crippen LogP contribution in [-0.4, -0.2) is 35.0 Å². The Balaban J connectivity index is 1.67. The lowest BCUT2D eigenvalue weighted by molar-refractivity contribution is -0.114. The highest BCUT2D eigenvalue weighted by atomic mass is 35.5. The summed E-state index contributed by atoms with van der Waals surface area (Å²) in [7, 11) is 1.74. The first kappa shape index (κ1) is 24.6. The zero-order valence-corrected chi connectivity index (χ0v) is 19.4. The quantitative estimate of drug-likeness (QED) is 0.463. The third-order valence-corrected chi connectivity index (χ3v) is 5.80. The van der Waals surface area contributed by atoms with Crippen LogP contribution in [0.15, 0.2) is 78.0 Å². The largest absolute Gasteiger partial charge is 0.492 e. The zero-order valence-electron chi connectivity index (χ0n) is 18.6. The Morgan fingerprint density at radius 3 is 2.57 bits per heavy atom. The van der Waals surface area contributed by atoms with Crippen molar-refractivity contribution in [2.75, 3.05) is 18.5 Å². The van der Waals surface area contributed by atoms with E-state index in [1.807, 2.05) is 0 Å². The van der Waals surface area contributed by atoms with E-state index < -0.39 is 29.1 Å². The molecule has 1 unspecified atom stereocenters. The molecule has 6 nitrogen and oxygen atoms in total. The number of hydrogen-bond acceptors (Lipinski definition) is 4. The first-order valence-corrected chi connectivity index (χ1v) is 11.1. The minimum Gasteiger partial charge on any atom is -0.492 e. The van der Waals surface area contributed by atoms with E-state index in [2.05, 4.69) is 10.4 Å². The lowest BCUT2D eigenvalue weighted by atomic mass is 9.92. The lowest BCUT2D eigenvalue weighted by Crippen LogP contribution is -2.22. The number of anilines is 1. The molecule has 35 heavy (non-hydrogen) atoms. The summed E-state index contributed by atoms with van der Waals surface area (Å²) in [6.45, 7) is 0.577. The molecular weight excluding hydrogens is 481 g/mol. The van der Waals surface area contributed by atoms with E-state index >= 15 is 0 Å². The van der Waals surface area contributed by atoms with Crippen molar-refractivity contribution < 1.29 is 22.7 Å². The maximum Gasteiger partial charge on any atom is 0.414 e. The van der Waals surface area contributed by atoms with Crippen molar-refractivity contribution in [1.82, 2.24) is 9.78 Å². The summed E-state index contributed by atoms with van der Waals surface area (Å²) in [5.74, 6) is -1.46. The van der Waals surface area contributed by atoms with Crippen LogP contribution in [0.4, 0.5) is 18.9 Å². The molecule has 1 heterocycles. The number of ether oxygens (including phenoxy) is 1. The minimum absolute atomic E-state index is 0.273. The van der Waals surface area contributed by atoms with Crippen LogP contribution < -0.4 is 15.8 Å². The molecule has 10 heteroatoms. The lowest BCUT2D eigenvalue weighted by Gasteiger charge is -2.19. The third-order valence-electron chi connectivity index (χ3n) is 5.55. The number of amides is 1. The van der Waals surface area contributed by atoms with Gasteiger partial charge in [0.2, 0.25) is 0 Å². The molecule has 1 aliphatic carbocycles. The summed E-state index contributed by atoms with van der Waals surface area (Å²) in [5.41, 5.74) is 6.19. The van der Waals surface area contributed by atoms with Crippen LogP contribution in [0.3, 0.4) is 0 Å². The Morgan fingerprint density at radius 1 is 1.20 bits per heavy atom. The first-order valence-electron chi connectivity index (χ1n) is 10.7. The molecule has 0 saturated heterocycles. The van der Waals surface area contributed by atoms with Gasteiger partial charge < -0.3 is 15.8 Å². The number of nitrogens with zero attached hydrogens (tertiary/aromatic N) is 2. The predicted octanol–water partition coefficient (Wildman–Crippen LogP) is 5.23. The second-order valence-corrected chi connectivity index (χ2v) is 8.29. The van der Waals surface area contributed by atoms with Gasteiger partial charge in [0, 0.05) is 47.6 Å². The number of rotatable bonds is 7. The zero-order chi connectivity index (χ0) is 25.2. The SMILES string of the molecule is Cn1nccc1-c1cc(NC(=O)C2=C(C(F)(F)F)C(c3ccc(Cl)cc3)C=C2)ccc1OCCN. The van der Waals surface area contributed by atoms with Crippen molar-refractivity contribution in [2.24, 2.45) is 12.8 Å². The molecule has 1 atom stereocenters. The molecular formula is C25H22ClF3N4O2. The average molecular weight is 503 g/mol. The van der Waals surface area contributed by atoms with Crippen LogP contribution >= 0.6 is 11.6 Å². The van der Waals surface area contributed by atoms with Gasteiger partial charge >= 0.3 is 6.18 Å². The Labute approximate surface area is 204 Å². The summed E-state index contributed by atoms with van der Waals surface area (Å²) < 4.78 is 49.5. The molecule has 0 fully saturated rings. The normalized spacial score (nSPS) is 15.5. The van der Waals surface area contributed by atoms with Gasteiger partial charge in [0.15, 0.2) is 0 Å². The number of nitrogens with one attached hydrogen (secondary N) is 1. The fourth-order valence-electron chi connectivity index (χ4n) is 3.96. The molecule has 1 aromatic heterocycles. The van der Waals surface area contributed by atoms with Crippen molar-refractivity contribution in [3.05, 3.63) is 88.6 Å². The van der Waals surface area contributed by atoms with Gasteiger partial charge in [-0.3, -0.25) is 9.48 Å². The van der Waals surface area contributed by atoms with Crippen LogP contribution in [-0.2, 0) is 11.8 Å². The molecule has 1 aliphatic rings. The number of halogens is 4. The van der Waals surface area contributed by atoms with Crippen molar-refractivity contribution in [3.63, 3.8) is 0 Å². The van der Waals surface area contributed by atoms with Gasteiger partial charge in [0.1, 0.15) is 12.4 Å². The molecule has 4 rings (SSSR count). The molecule has 0 bridgehead atoms. The highest BCUT2D eigenvalue weighted by Gasteiger charge is 2.44. The van der Waals surface area contributed by atoms with E-state index in [-0.39, 0.29) is 6.61 Å². The fraction of sp³-hybridized carbons (Fsp3) is 0.200. The van der Waals surface area contributed by atoms with E-state index in [4.69, 9.17) is 22.1 Å². The van der Waals surface area contributed by atoms with Crippen LogP contribution in [0.2, 0.25) is 5.02 Å². The van der Waals surface area contributed by atoms with Crippen LogP contribution in [0.1, 0.15) is 11.5 Å². The van der Waals surface area contributed by atoms with Gasteiger partial charge in [-0.2, -0.15) is 18.3 Å². The molecule has 3 N–H and O–H groups in total. The molecule has 0 saturated carbocycles. The Morgan fingerprint density at radius 2 is 1.94 bits per heavy atom. The summed E-state index contributed by atoms with van der Waals surface area (Å²) >= 11 is 5.88. The number of alkyl halides is 3. The van der Waals surface area contributed by atoms with Gasteiger partial charge in [0.25, 0.3) is 5.91 Å². The van der Waals surface area contributed by atoms with Gasteiger partial charge in [0.05, 0.1) is 11.3 Å². The van der Waals surface area contributed by atoms with Gasteiger partial charge in [-0.25, -0.2) is 0 Å². The second-order valence-electron chi connectivity index (χ2n) is 7.86. The molecule has 182 valence electrons. The monoisotopic (exact) mass is 502 g/mol. The molecule has 3 aromatic rings. The van der Waals surface area contributed by atoms with Crippen molar-refractivity contribution >= 4 is 23.2 Å². The summed E-state index contributed by atoms with van der Waals surface area (Å²) in [6, 6.07) is 12.7. The second kappa shape index (κ2) is 9.97. The van der Waals surface area contributed by atoms with E-state index in [9.17, 15) is 18.0 Å². The highest BCUT2D eigenvalue weighted by molar-refractivity contribution is 6.30. The van der Waals surface area contributed by atoms with E-state index in [0.717, 1.165) is 0 Å². The van der Waals surface area contributed by atoms with Crippen molar-refractivity contribution in [1.29, 1.82) is 0 Å². The number of aromatic nitrogens is 2. The Hall–Kier alpha value is -3.56. The number of hydrogen-bond donors (Lipinski definition) is 2. The Bertz CT molecular complexity index is 1300. The first-order chi connectivity index (χ1) is 16.7. The number of aryl methyl sites for hydroxylation is 1. The molecule has 2 aromatic carbocycles. The van der Waals surface area contributed by atoms with Crippen molar-refractivity contribution in [3.8, 4) is 17.0 Å². The van der Waals surface area contributed by atoms with Crippen LogP contribution in [0.25, 0.3) is 11.3 Å². The molecule has 1 amide bonds. The third kappa shape index (κ3) is 5.26. The average Bonchev–Trinajstić information content (AvgIpc) is 3.45. The van der Waals surface area contributed by atoms with Gasteiger partial charge in [-0.1, -0.05) is 35.9 Å². The van der Waals surface area contributed by atoms with Gasteiger partial charge in [-0.05, 0) is 42.0 Å². The smallest absolute Gasteiger partial charge is 0.414 e. The summed E-state index contributed by atoms with van der Waals surface area (Å²) in [5, 5.41) is 7.15. The summed E-state index contributed by atoms with van der Waals surface area (Å²) in [6.07, 6.45) is -0.530. The predicted molar refractivity (Wildman–Crippen MR) is 128 cm³/mol. The van der Waals surface area contributed by atoms with E-state index in [0.29, 0.717) is 39.8 Å². The molecule has 0 aliphatic heterocycles. The number of carbonyl (C=O) groups is 1. The van der Waals surface area contributed by atoms with Crippen molar-refractivity contribution in [2.45, 2.75) is 12.1 Å². The fourth-order valence-corrected chi connectivity index (χ4v) is 4.09.